The Kier molecular flexibility index (Phi) is 7.03. The number of nitrogens with zero attached hydrogens (tertiary/aromatic N) is 4. The maximum atomic E-state index is 13.9. The molecule has 1 N–H and O–H groups in total. The Balaban J connectivity index is 1.49. The summed E-state index contributed by atoms with van der Waals surface area (Å²) in [6.07, 6.45) is -4.11. The topological polar surface area (TPSA) is 101 Å². The molecule has 0 spiro atoms. The van der Waals surface area contributed by atoms with Crippen molar-refractivity contribution in [2.45, 2.75) is 63.6 Å². The number of anilines is 1. The molecule has 0 saturated carbocycles. The first-order valence-corrected chi connectivity index (χ1v) is 13.2. The van der Waals surface area contributed by atoms with Crippen molar-refractivity contribution >= 4 is 34.5 Å². The number of hydrogen-bond donors (Lipinski definition) is 1. The Labute approximate surface area is 221 Å². The van der Waals surface area contributed by atoms with E-state index in [4.69, 9.17) is 19.0 Å². The smallest absolute Gasteiger partial charge is 0.418 e. The van der Waals surface area contributed by atoms with E-state index in [1.54, 1.807) is 16.5 Å². The third kappa shape index (κ3) is 5.32. The van der Waals surface area contributed by atoms with Crippen LogP contribution in [0.3, 0.4) is 0 Å². The summed E-state index contributed by atoms with van der Waals surface area (Å²) in [6, 6.07) is 2.76. The van der Waals surface area contributed by atoms with Crippen molar-refractivity contribution in [3.05, 3.63) is 29.3 Å². The van der Waals surface area contributed by atoms with E-state index in [1.165, 1.54) is 23.5 Å². The van der Waals surface area contributed by atoms with Crippen LogP contribution in [-0.2, 0) is 9.47 Å². The summed E-state index contributed by atoms with van der Waals surface area (Å²) >= 11 is 1.27. The molecule has 9 nitrogen and oxygen atoms in total. The minimum Gasteiger partial charge on any atom is -0.444 e. The summed E-state index contributed by atoms with van der Waals surface area (Å²) in [4.78, 5) is 25.4. The van der Waals surface area contributed by atoms with Gasteiger partial charge >= 0.3 is 12.3 Å². The number of hydrogen-bond acceptors (Lipinski definition) is 9. The number of ether oxygens (including phenoxy) is 2. The summed E-state index contributed by atoms with van der Waals surface area (Å²) in [5, 5.41) is 11.3. The van der Waals surface area contributed by atoms with E-state index in [1.807, 2.05) is 25.7 Å². The van der Waals surface area contributed by atoms with Crippen LogP contribution in [0.25, 0.3) is 21.7 Å². The highest BCUT2D eigenvalue weighted by atomic mass is 32.1. The molecule has 2 fully saturated rings. The molecule has 1 amide bonds. The summed E-state index contributed by atoms with van der Waals surface area (Å²) in [6.45, 7) is 5.40. The lowest BCUT2D eigenvalue weighted by Crippen LogP contribution is -2.56. The van der Waals surface area contributed by atoms with Gasteiger partial charge in [0.1, 0.15) is 16.1 Å². The molecule has 2 aromatic heterocycles. The van der Waals surface area contributed by atoms with E-state index in [9.17, 15) is 18.0 Å². The number of piperazine rings is 1. The van der Waals surface area contributed by atoms with E-state index in [0.29, 0.717) is 29.2 Å². The van der Waals surface area contributed by atoms with Crippen LogP contribution in [0.15, 0.2) is 28.1 Å². The lowest BCUT2D eigenvalue weighted by Gasteiger charge is -2.40. The van der Waals surface area contributed by atoms with Crippen molar-refractivity contribution in [2.75, 3.05) is 31.2 Å². The number of oxazole rings is 1. The molecule has 3 unspecified atom stereocenters. The number of fused-ring (bicyclic) bond motifs is 3. The fraction of sp³-hybridized carbons (Fsp3) is 0.560. The predicted octanol–water partition coefficient (Wildman–Crippen LogP) is 5.15. The summed E-state index contributed by atoms with van der Waals surface area (Å²) in [5.41, 5.74) is 0.185. The fourth-order valence-corrected chi connectivity index (χ4v) is 5.72. The predicted molar refractivity (Wildman–Crippen MR) is 134 cm³/mol. The number of thiazole rings is 1. The van der Waals surface area contributed by atoms with Crippen molar-refractivity contribution in [3.63, 3.8) is 0 Å². The highest BCUT2D eigenvalue weighted by Gasteiger charge is 2.46. The summed E-state index contributed by atoms with van der Waals surface area (Å²) in [7, 11) is 0. The highest BCUT2D eigenvalue weighted by Crippen LogP contribution is 2.42. The number of aliphatic hydroxyl groups is 1. The molecule has 2 aliphatic rings. The Bertz CT molecular complexity index is 1280. The number of benzene rings is 1. The van der Waals surface area contributed by atoms with Crippen LogP contribution in [0.1, 0.15) is 45.3 Å². The molecule has 3 aromatic rings. The van der Waals surface area contributed by atoms with Crippen LogP contribution in [0.5, 0.6) is 0 Å². The van der Waals surface area contributed by atoms with Crippen molar-refractivity contribution in [1.29, 1.82) is 0 Å². The normalized spacial score (nSPS) is 20.8. The number of alkyl halides is 3. The summed E-state index contributed by atoms with van der Waals surface area (Å²) in [5.74, 6) is 0. The van der Waals surface area contributed by atoms with Crippen LogP contribution in [0.4, 0.5) is 24.0 Å². The molecule has 13 heteroatoms. The average molecular weight is 555 g/mol. The lowest BCUT2D eigenvalue weighted by molar-refractivity contribution is -0.225. The molecule has 1 aromatic carbocycles. The SMILES string of the molecule is CC(C)(C)OC(=O)N1C2CCC1CN(c1nc3cc(C(OCCO)C(F)(F)F)cc(-c4nccs4)c3o1)C2. The number of carbonyl (C=O) groups excluding carboxylic acids is 1. The first-order chi connectivity index (χ1) is 17.9. The van der Waals surface area contributed by atoms with Gasteiger partial charge in [-0.2, -0.15) is 18.2 Å². The van der Waals surface area contributed by atoms with Crippen molar-refractivity contribution in [2.24, 2.45) is 0 Å². The quantitative estimate of drug-likeness (QED) is 0.447. The van der Waals surface area contributed by atoms with Gasteiger partial charge in [0.2, 0.25) is 0 Å². The average Bonchev–Trinajstić information content (AvgIpc) is 3.55. The van der Waals surface area contributed by atoms with E-state index in [0.717, 1.165) is 12.8 Å². The molecule has 4 heterocycles. The number of rotatable bonds is 6. The van der Waals surface area contributed by atoms with Crippen LogP contribution in [0, 0.1) is 0 Å². The molecular formula is C25H29F3N4O5S. The molecular weight excluding hydrogens is 525 g/mol. The third-order valence-electron chi connectivity index (χ3n) is 6.50. The van der Waals surface area contributed by atoms with Crippen molar-refractivity contribution in [1.82, 2.24) is 14.9 Å². The summed E-state index contributed by atoms with van der Waals surface area (Å²) < 4.78 is 58.4. The van der Waals surface area contributed by atoms with Crippen LogP contribution < -0.4 is 4.90 Å². The van der Waals surface area contributed by atoms with Crippen molar-refractivity contribution in [3.8, 4) is 10.6 Å². The van der Waals surface area contributed by atoms with Crippen molar-refractivity contribution < 1.29 is 37.0 Å². The van der Waals surface area contributed by atoms with E-state index < -0.39 is 31.1 Å². The van der Waals surface area contributed by atoms with Gasteiger partial charge in [0.05, 0.1) is 30.9 Å². The Morgan fingerprint density at radius 1 is 1.24 bits per heavy atom. The minimum absolute atomic E-state index is 0.0888. The minimum atomic E-state index is -4.70. The number of carbonyl (C=O) groups is 1. The second-order valence-electron chi connectivity index (χ2n) is 10.4. The molecule has 2 aliphatic heterocycles. The number of amides is 1. The van der Waals surface area contributed by atoms with Gasteiger partial charge in [-0.05, 0) is 51.3 Å². The van der Waals surface area contributed by atoms with Gasteiger partial charge in [-0.1, -0.05) is 0 Å². The van der Waals surface area contributed by atoms with Crippen LogP contribution in [-0.4, -0.2) is 76.2 Å². The third-order valence-corrected chi connectivity index (χ3v) is 7.30. The molecule has 38 heavy (non-hydrogen) atoms. The molecule has 0 radical (unpaired) electrons. The monoisotopic (exact) mass is 554 g/mol. The molecule has 5 rings (SSSR count). The molecule has 0 aliphatic carbocycles. The zero-order chi connectivity index (χ0) is 27.2. The highest BCUT2D eigenvalue weighted by molar-refractivity contribution is 7.13. The molecule has 3 atom stereocenters. The second kappa shape index (κ2) is 10.0. The maximum Gasteiger partial charge on any atom is 0.418 e. The van der Waals surface area contributed by atoms with Gasteiger partial charge in [0, 0.05) is 24.7 Å². The second-order valence-corrected chi connectivity index (χ2v) is 11.3. The van der Waals surface area contributed by atoms with E-state index >= 15 is 0 Å². The van der Waals surface area contributed by atoms with Gasteiger partial charge in [-0.25, -0.2) is 9.78 Å². The van der Waals surface area contributed by atoms with Gasteiger partial charge in [0.15, 0.2) is 11.7 Å². The van der Waals surface area contributed by atoms with Crippen LogP contribution in [0.2, 0.25) is 0 Å². The lowest BCUT2D eigenvalue weighted by atomic mass is 10.0. The Hall–Kier alpha value is -2.90. The molecule has 2 saturated heterocycles. The number of halogens is 3. The Morgan fingerprint density at radius 2 is 1.95 bits per heavy atom. The van der Waals surface area contributed by atoms with Gasteiger partial charge < -0.3 is 23.9 Å². The maximum absolute atomic E-state index is 13.9. The standard InChI is InChI=1S/C25H29F3N4O5S/c1-24(2,3)37-23(34)32-15-4-5-16(32)13-31(12-15)22-30-18-11-14(20(25(26,27)28)35-8-7-33)10-17(19(18)36-22)21-29-6-9-38-21/h6,9-11,15-16,20,33H,4-5,7-8,12-13H2,1-3H3. The molecule has 206 valence electrons. The van der Waals surface area contributed by atoms with E-state index in [2.05, 4.69) is 9.97 Å². The number of aliphatic hydroxyl groups excluding tert-OH is 1. The largest absolute Gasteiger partial charge is 0.444 e. The Morgan fingerprint density at radius 3 is 2.53 bits per heavy atom. The molecule has 2 bridgehead atoms. The van der Waals surface area contributed by atoms with Gasteiger partial charge in [-0.15, -0.1) is 11.3 Å². The van der Waals surface area contributed by atoms with Gasteiger partial charge in [-0.3, -0.25) is 4.90 Å². The van der Waals surface area contributed by atoms with Crippen LogP contribution >= 0.6 is 11.3 Å². The number of aromatic nitrogens is 2. The first kappa shape index (κ1) is 26.7. The van der Waals surface area contributed by atoms with E-state index in [-0.39, 0.29) is 35.3 Å². The fourth-order valence-electron chi connectivity index (χ4n) is 5.07. The zero-order valence-electron chi connectivity index (χ0n) is 21.2. The van der Waals surface area contributed by atoms with Gasteiger partial charge in [0.25, 0.3) is 6.01 Å². The first-order valence-electron chi connectivity index (χ1n) is 12.3. The zero-order valence-corrected chi connectivity index (χ0v) is 22.0.